The number of anilines is 1. The topological polar surface area (TPSA) is 54.0 Å². The number of urea groups is 1. The minimum atomic E-state index is -0.0407. The number of hydrogen-bond acceptors (Lipinski definition) is 4. The molecule has 0 aliphatic carbocycles. The maximum atomic E-state index is 12.5. The van der Waals surface area contributed by atoms with E-state index in [-0.39, 0.29) is 6.03 Å². The van der Waals surface area contributed by atoms with Gasteiger partial charge in [0.25, 0.3) is 0 Å². The van der Waals surface area contributed by atoms with Crippen LogP contribution in [0.15, 0.2) is 24.3 Å². The minimum Gasteiger partial charge on any atom is -0.495 e. The Morgan fingerprint density at radius 3 is 2.36 bits per heavy atom. The molecule has 2 aliphatic rings. The molecule has 2 fully saturated rings. The van der Waals surface area contributed by atoms with Crippen molar-refractivity contribution in [2.75, 3.05) is 45.7 Å². The molecule has 3 rings (SSSR count). The molecular weight excluding hydrogens is 318 g/mol. The van der Waals surface area contributed by atoms with Crippen LogP contribution in [-0.2, 0) is 4.74 Å². The number of para-hydroxylation sites is 2. The molecule has 0 aromatic heterocycles. The van der Waals surface area contributed by atoms with Gasteiger partial charge in [-0.1, -0.05) is 12.1 Å². The van der Waals surface area contributed by atoms with E-state index in [9.17, 15) is 4.79 Å². The summed E-state index contributed by atoms with van der Waals surface area (Å²) in [7, 11) is 3.42. The average molecular weight is 347 g/mol. The zero-order valence-electron chi connectivity index (χ0n) is 15.2. The lowest BCUT2D eigenvalue weighted by molar-refractivity contribution is 0.0173. The molecule has 2 aliphatic heterocycles. The second-order valence-corrected chi connectivity index (χ2v) is 6.82. The van der Waals surface area contributed by atoms with Gasteiger partial charge in [-0.05, 0) is 37.8 Å². The smallest absolute Gasteiger partial charge is 0.321 e. The van der Waals surface area contributed by atoms with Gasteiger partial charge in [-0.3, -0.25) is 0 Å². The highest BCUT2D eigenvalue weighted by molar-refractivity contribution is 5.91. The van der Waals surface area contributed by atoms with Crippen LogP contribution in [-0.4, -0.2) is 68.4 Å². The number of benzene rings is 1. The first-order chi connectivity index (χ1) is 12.2. The second-order valence-electron chi connectivity index (χ2n) is 6.82. The molecule has 0 saturated carbocycles. The van der Waals surface area contributed by atoms with Crippen molar-refractivity contribution in [3.05, 3.63) is 24.3 Å². The number of methoxy groups -OCH3 is 2. The largest absolute Gasteiger partial charge is 0.495 e. The van der Waals surface area contributed by atoms with Gasteiger partial charge in [-0.15, -0.1) is 0 Å². The number of likely N-dealkylation sites (tertiary alicyclic amines) is 2. The molecule has 2 heterocycles. The van der Waals surface area contributed by atoms with E-state index in [1.807, 2.05) is 29.2 Å². The summed E-state index contributed by atoms with van der Waals surface area (Å²) in [6, 6.07) is 8.06. The van der Waals surface area contributed by atoms with Gasteiger partial charge in [0.05, 0.1) is 18.9 Å². The number of rotatable bonds is 4. The van der Waals surface area contributed by atoms with Gasteiger partial charge in [0.1, 0.15) is 5.75 Å². The third-order valence-electron chi connectivity index (χ3n) is 5.43. The molecule has 25 heavy (non-hydrogen) atoms. The van der Waals surface area contributed by atoms with Crippen LogP contribution in [0.2, 0.25) is 0 Å². The highest BCUT2D eigenvalue weighted by Gasteiger charge is 2.29. The predicted octanol–water partition coefficient (Wildman–Crippen LogP) is 2.80. The standard InChI is InChI=1S/C19H29N3O3/c1-24-16-9-13-21(14-10-16)15-7-11-22(12-8-15)19(23)20-17-5-3-4-6-18(17)25-2/h3-6,15-16H,7-14H2,1-2H3,(H,20,23). The van der Waals surface area contributed by atoms with Crippen molar-refractivity contribution in [2.45, 2.75) is 37.8 Å². The highest BCUT2D eigenvalue weighted by atomic mass is 16.5. The molecule has 0 unspecified atom stereocenters. The van der Waals surface area contributed by atoms with Gasteiger partial charge in [0, 0.05) is 39.3 Å². The van der Waals surface area contributed by atoms with Crippen molar-refractivity contribution in [1.82, 2.24) is 9.80 Å². The summed E-state index contributed by atoms with van der Waals surface area (Å²) < 4.78 is 10.8. The SMILES string of the molecule is COc1ccccc1NC(=O)N1CCC(N2CCC(OC)CC2)CC1. The number of nitrogens with one attached hydrogen (secondary N) is 1. The number of piperidine rings is 2. The van der Waals surface area contributed by atoms with Gasteiger partial charge in [0.15, 0.2) is 0 Å². The Morgan fingerprint density at radius 1 is 1.04 bits per heavy atom. The van der Waals surface area contributed by atoms with Gasteiger partial charge < -0.3 is 24.6 Å². The maximum absolute atomic E-state index is 12.5. The van der Waals surface area contributed by atoms with Crippen LogP contribution in [0.1, 0.15) is 25.7 Å². The molecule has 1 N–H and O–H groups in total. The quantitative estimate of drug-likeness (QED) is 0.910. The number of amides is 2. The summed E-state index contributed by atoms with van der Waals surface area (Å²) in [6.07, 6.45) is 4.73. The first-order valence-electron chi connectivity index (χ1n) is 9.17. The fraction of sp³-hybridized carbons (Fsp3) is 0.632. The molecule has 1 aromatic carbocycles. The lowest BCUT2D eigenvalue weighted by Crippen LogP contribution is -2.50. The zero-order chi connectivity index (χ0) is 17.6. The lowest BCUT2D eigenvalue weighted by atomic mass is 9.99. The average Bonchev–Trinajstić information content (AvgIpc) is 2.68. The first-order valence-corrected chi connectivity index (χ1v) is 9.17. The van der Waals surface area contributed by atoms with Gasteiger partial charge in [-0.2, -0.15) is 0 Å². The molecular formula is C19H29N3O3. The van der Waals surface area contributed by atoms with E-state index in [0.717, 1.165) is 57.5 Å². The number of carbonyl (C=O) groups is 1. The van der Waals surface area contributed by atoms with E-state index < -0.39 is 0 Å². The van der Waals surface area contributed by atoms with Crippen LogP contribution in [0, 0.1) is 0 Å². The fourth-order valence-corrected chi connectivity index (χ4v) is 3.85. The Kier molecular flexibility index (Phi) is 6.15. The van der Waals surface area contributed by atoms with Crippen LogP contribution >= 0.6 is 0 Å². The Morgan fingerprint density at radius 2 is 1.72 bits per heavy atom. The summed E-state index contributed by atoms with van der Waals surface area (Å²) in [5.74, 6) is 0.687. The molecule has 138 valence electrons. The number of carbonyl (C=O) groups excluding carboxylic acids is 1. The predicted molar refractivity (Wildman–Crippen MR) is 98.2 cm³/mol. The normalized spacial score (nSPS) is 20.5. The van der Waals surface area contributed by atoms with E-state index in [4.69, 9.17) is 9.47 Å². The van der Waals surface area contributed by atoms with Crippen molar-refractivity contribution in [3.63, 3.8) is 0 Å². The number of hydrogen-bond donors (Lipinski definition) is 1. The van der Waals surface area contributed by atoms with Crippen molar-refractivity contribution >= 4 is 11.7 Å². The van der Waals surface area contributed by atoms with Crippen molar-refractivity contribution in [2.24, 2.45) is 0 Å². The summed E-state index contributed by atoms with van der Waals surface area (Å²) in [5.41, 5.74) is 0.721. The minimum absolute atomic E-state index is 0.0407. The highest BCUT2D eigenvalue weighted by Crippen LogP contribution is 2.25. The maximum Gasteiger partial charge on any atom is 0.321 e. The van der Waals surface area contributed by atoms with Crippen molar-refractivity contribution in [1.29, 1.82) is 0 Å². The number of ether oxygens (including phenoxy) is 2. The first kappa shape index (κ1) is 18.0. The summed E-state index contributed by atoms with van der Waals surface area (Å²) in [5, 5.41) is 2.97. The van der Waals surface area contributed by atoms with Crippen LogP contribution in [0.4, 0.5) is 10.5 Å². The van der Waals surface area contributed by atoms with E-state index in [0.29, 0.717) is 17.9 Å². The van der Waals surface area contributed by atoms with Gasteiger partial charge in [-0.25, -0.2) is 4.79 Å². The molecule has 2 saturated heterocycles. The molecule has 0 atom stereocenters. The van der Waals surface area contributed by atoms with Crippen LogP contribution in [0.3, 0.4) is 0 Å². The van der Waals surface area contributed by atoms with Crippen LogP contribution in [0.25, 0.3) is 0 Å². The molecule has 1 aromatic rings. The molecule has 2 amide bonds. The summed E-state index contributed by atoms with van der Waals surface area (Å²) in [6.45, 7) is 3.82. The Labute approximate surface area is 150 Å². The van der Waals surface area contributed by atoms with E-state index in [2.05, 4.69) is 10.2 Å². The Balaban J connectivity index is 1.48. The zero-order valence-corrected chi connectivity index (χ0v) is 15.2. The summed E-state index contributed by atoms with van der Waals surface area (Å²) >= 11 is 0. The third-order valence-corrected chi connectivity index (χ3v) is 5.43. The summed E-state index contributed by atoms with van der Waals surface area (Å²) in [4.78, 5) is 17.0. The Bertz CT molecular complexity index is 565. The fourth-order valence-electron chi connectivity index (χ4n) is 3.85. The third kappa shape index (κ3) is 4.44. The molecule has 0 radical (unpaired) electrons. The van der Waals surface area contributed by atoms with E-state index >= 15 is 0 Å². The van der Waals surface area contributed by atoms with E-state index in [1.165, 1.54) is 0 Å². The van der Waals surface area contributed by atoms with Crippen molar-refractivity contribution in [3.8, 4) is 5.75 Å². The second kappa shape index (κ2) is 8.54. The molecule has 0 bridgehead atoms. The molecule has 6 nitrogen and oxygen atoms in total. The number of nitrogens with zero attached hydrogens (tertiary/aromatic N) is 2. The Hall–Kier alpha value is -1.79. The van der Waals surface area contributed by atoms with Crippen molar-refractivity contribution < 1.29 is 14.3 Å². The molecule has 6 heteroatoms. The molecule has 0 spiro atoms. The van der Waals surface area contributed by atoms with Crippen LogP contribution < -0.4 is 10.1 Å². The van der Waals surface area contributed by atoms with Gasteiger partial charge in [0.2, 0.25) is 0 Å². The monoisotopic (exact) mass is 347 g/mol. The van der Waals surface area contributed by atoms with Crippen LogP contribution in [0.5, 0.6) is 5.75 Å². The van der Waals surface area contributed by atoms with E-state index in [1.54, 1.807) is 14.2 Å². The van der Waals surface area contributed by atoms with Gasteiger partial charge >= 0.3 is 6.03 Å². The lowest BCUT2D eigenvalue weighted by Gasteiger charge is -2.41.